The maximum Gasteiger partial charge on any atom is 0.282 e. The Morgan fingerprint density at radius 2 is 2.32 bits per heavy atom. The van der Waals surface area contributed by atoms with Crippen molar-refractivity contribution in [3.63, 3.8) is 0 Å². The minimum atomic E-state index is -0.602. The Morgan fingerprint density at radius 3 is 2.95 bits per heavy atom. The quantitative estimate of drug-likeness (QED) is 0.661. The van der Waals surface area contributed by atoms with Gasteiger partial charge in [-0.05, 0) is 12.1 Å². The van der Waals surface area contributed by atoms with Gasteiger partial charge in [0.1, 0.15) is 11.3 Å². The van der Waals surface area contributed by atoms with Gasteiger partial charge in [-0.2, -0.15) is 11.8 Å². The molecule has 0 spiro atoms. The first kappa shape index (κ1) is 13.7. The Hall–Kier alpha value is -1.76. The lowest BCUT2D eigenvalue weighted by molar-refractivity contribution is -0.385. The van der Waals surface area contributed by atoms with Gasteiger partial charge in [0, 0.05) is 30.2 Å². The SMILES string of the molecule is CC1CN(C(=O)c2cc(O)ccc2[N+](=O)[O-])CCS1. The van der Waals surface area contributed by atoms with E-state index in [1.165, 1.54) is 6.07 Å². The maximum atomic E-state index is 12.3. The van der Waals surface area contributed by atoms with E-state index in [1.807, 2.05) is 6.92 Å². The molecule has 1 atom stereocenters. The van der Waals surface area contributed by atoms with Crippen LogP contribution >= 0.6 is 11.8 Å². The number of aromatic hydroxyl groups is 1. The second kappa shape index (κ2) is 5.48. The first-order valence-electron chi connectivity index (χ1n) is 5.87. The number of hydrogen-bond acceptors (Lipinski definition) is 5. The van der Waals surface area contributed by atoms with Crippen LogP contribution in [0.5, 0.6) is 5.75 Å². The van der Waals surface area contributed by atoms with Crippen molar-refractivity contribution in [1.29, 1.82) is 0 Å². The van der Waals surface area contributed by atoms with Crippen molar-refractivity contribution < 1.29 is 14.8 Å². The highest BCUT2D eigenvalue weighted by molar-refractivity contribution is 7.99. The van der Waals surface area contributed by atoms with Crippen molar-refractivity contribution in [2.75, 3.05) is 18.8 Å². The van der Waals surface area contributed by atoms with Crippen molar-refractivity contribution in [2.45, 2.75) is 12.2 Å². The van der Waals surface area contributed by atoms with Crippen molar-refractivity contribution in [3.8, 4) is 5.75 Å². The van der Waals surface area contributed by atoms with Gasteiger partial charge in [-0.15, -0.1) is 0 Å². The second-order valence-electron chi connectivity index (χ2n) is 4.39. The summed E-state index contributed by atoms with van der Waals surface area (Å²) in [7, 11) is 0. The summed E-state index contributed by atoms with van der Waals surface area (Å²) in [5.74, 6) is 0.280. The lowest BCUT2D eigenvalue weighted by Gasteiger charge is -2.30. The largest absolute Gasteiger partial charge is 0.508 e. The maximum absolute atomic E-state index is 12.3. The fourth-order valence-electron chi connectivity index (χ4n) is 2.03. The lowest BCUT2D eigenvalue weighted by Crippen LogP contribution is -2.41. The van der Waals surface area contributed by atoms with Crippen LogP contribution in [-0.2, 0) is 0 Å². The zero-order chi connectivity index (χ0) is 14.0. The van der Waals surface area contributed by atoms with Crippen LogP contribution in [0.15, 0.2) is 18.2 Å². The number of nitro groups is 1. The molecule has 2 rings (SSSR count). The number of nitrogens with zero attached hydrogens (tertiary/aromatic N) is 2. The lowest BCUT2D eigenvalue weighted by atomic mass is 10.1. The molecule has 6 nitrogen and oxygen atoms in total. The van der Waals surface area contributed by atoms with Crippen molar-refractivity contribution >= 4 is 23.4 Å². The van der Waals surface area contributed by atoms with E-state index in [0.717, 1.165) is 17.9 Å². The highest BCUT2D eigenvalue weighted by Crippen LogP contribution is 2.26. The summed E-state index contributed by atoms with van der Waals surface area (Å²) in [4.78, 5) is 24.3. The molecule has 7 heteroatoms. The third kappa shape index (κ3) is 2.98. The molecule has 1 unspecified atom stereocenters. The normalized spacial score (nSPS) is 19.2. The van der Waals surface area contributed by atoms with E-state index in [0.29, 0.717) is 18.3 Å². The monoisotopic (exact) mass is 282 g/mol. The van der Waals surface area contributed by atoms with E-state index in [1.54, 1.807) is 16.7 Å². The topological polar surface area (TPSA) is 83.7 Å². The summed E-state index contributed by atoms with van der Waals surface area (Å²) < 4.78 is 0. The average Bonchev–Trinajstić information content (AvgIpc) is 2.37. The molecule has 1 saturated heterocycles. The molecule has 1 aliphatic heterocycles. The fraction of sp³-hybridized carbons (Fsp3) is 0.417. The molecule has 19 heavy (non-hydrogen) atoms. The average molecular weight is 282 g/mol. The number of benzene rings is 1. The van der Waals surface area contributed by atoms with E-state index >= 15 is 0 Å². The Bertz CT molecular complexity index is 520. The van der Waals surface area contributed by atoms with Crippen LogP contribution in [0.25, 0.3) is 0 Å². The van der Waals surface area contributed by atoms with Gasteiger partial charge in [0.05, 0.1) is 4.92 Å². The number of nitro benzene ring substituents is 1. The first-order chi connectivity index (χ1) is 8.99. The number of phenols is 1. The van der Waals surface area contributed by atoms with Crippen molar-refractivity contribution in [2.24, 2.45) is 0 Å². The van der Waals surface area contributed by atoms with Crippen LogP contribution in [-0.4, -0.2) is 44.9 Å². The van der Waals surface area contributed by atoms with Crippen LogP contribution in [0.3, 0.4) is 0 Å². The highest BCUT2D eigenvalue weighted by atomic mass is 32.2. The molecule has 0 aromatic heterocycles. The van der Waals surface area contributed by atoms with E-state index in [9.17, 15) is 20.0 Å². The molecule has 1 fully saturated rings. The summed E-state index contributed by atoms with van der Waals surface area (Å²) in [5, 5.41) is 20.7. The van der Waals surface area contributed by atoms with Gasteiger partial charge < -0.3 is 10.0 Å². The molecular formula is C12H14N2O4S. The number of amides is 1. The number of thioether (sulfide) groups is 1. The molecule has 1 heterocycles. The zero-order valence-corrected chi connectivity index (χ0v) is 11.2. The van der Waals surface area contributed by atoms with Crippen LogP contribution in [0.1, 0.15) is 17.3 Å². The minimum absolute atomic E-state index is 0.0518. The van der Waals surface area contributed by atoms with Gasteiger partial charge in [0.15, 0.2) is 0 Å². The Kier molecular flexibility index (Phi) is 3.94. The molecule has 0 aliphatic carbocycles. The molecule has 1 amide bonds. The van der Waals surface area contributed by atoms with E-state index in [4.69, 9.17) is 0 Å². The van der Waals surface area contributed by atoms with Crippen LogP contribution in [0.2, 0.25) is 0 Å². The Morgan fingerprint density at radius 1 is 1.58 bits per heavy atom. The smallest absolute Gasteiger partial charge is 0.282 e. The summed E-state index contributed by atoms with van der Waals surface area (Å²) >= 11 is 1.77. The van der Waals surface area contributed by atoms with Gasteiger partial charge in [-0.3, -0.25) is 14.9 Å². The molecular weight excluding hydrogens is 268 g/mol. The van der Waals surface area contributed by atoms with E-state index in [2.05, 4.69) is 0 Å². The number of hydrogen-bond donors (Lipinski definition) is 1. The van der Waals surface area contributed by atoms with Crippen molar-refractivity contribution in [3.05, 3.63) is 33.9 Å². The molecule has 1 aliphatic rings. The van der Waals surface area contributed by atoms with Gasteiger partial charge >= 0.3 is 0 Å². The molecule has 0 radical (unpaired) electrons. The summed E-state index contributed by atoms with van der Waals surface area (Å²) in [6.07, 6.45) is 0. The first-order valence-corrected chi connectivity index (χ1v) is 6.92. The zero-order valence-electron chi connectivity index (χ0n) is 10.4. The molecule has 1 N–H and O–H groups in total. The molecule has 1 aromatic rings. The number of carbonyl (C=O) groups excluding carboxylic acids is 1. The third-order valence-corrected chi connectivity index (χ3v) is 4.07. The Labute approximate surface area is 114 Å². The molecule has 0 bridgehead atoms. The Balaban J connectivity index is 2.32. The molecule has 1 aromatic carbocycles. The standard InChI is InChI=1S/C12H14N2O4S/c1-8-7-13(4-5-19-8)12(16)10-6-9(15)2-3-11(10)14(17)18/h2-3,6,8,15H,4-5,7H2,1H3. The van der Waals surface area contributed by atoms with Crippen LogP contribution < -0.4 is 0 Å². The number of carbonyl (C=O) groups is 1. The van der Waals surface area contributed by atoms with Crippen LogP contribution in [0.4, 0.5) is 5.69 Å². The minimum Gasteiger partial charge on any atom is -0.508 e. The predicted molar refractivity (Wildman–Crippen MR) is 72.6 cm³/mol. The number of rotatable bonds is 2. The summed E-state index contributed by atoms with van der Waals surface area (Å²) in [6, 6.07) is 3.53. The summed E-state index contributed by atoms with van der Waals surface area (Å²) in [5.41, 5.74) is -0.322. The van der Waals surface area contributed by atoms with Crippen LogP contribution in [0, 0.1) is 10.1 Å². The fourth-order valence-corrected chi connectivity index (χ4v) is 3.04. The predicted octanol–water partition coefficient (Wildman–Crippen LogP) is 1.88. The van der Waals surface area contributed by atoms with E-state index < -0.39 is 10.8 Å². The molecule has 0 saturated carbocycles. The van der Waals surface area contributed by atoms with Gasteiger partial charge in [0.2, 0.25) is 0 Å². The molecule has 102 valence electrons. The van der Waals surface area contributed by atoms with Gasteiger partial charge in [-0.1, -0.05) is 6.92 Å². The van der Waals surface area contributed by atoms with Gasteiger partial charge in [-0.25, -0.2) is 0 Å². The number of phenolic OH excluding ortho intramolecular Hbond substituents is 1. The van der Waals surface area contributed by atoms with Gasteiger partial charge in [0.25, 0.3) is 11.6 Å². The van der Waals surface area contributed by atoms with E-state index in [-0.39, 0.29) is 17.0 Å². The summed E-state index contributed by atoms with van der Waals surface area (Å²) in [6.45, 7) is 3.15. The van der Waals surface area contributed by atoms with Crippen molar-refractivity contribution in [1.82, 2.24) is 4.90 Å². The highest BCUT2D eigenvalue weighted by Gasteiger charge is 2.28. The second-order valence-corrected chi connectivity index (χ2v) is 5.94. The third-order valence-electron chi connectivity index (χ3n) is 2.94.